The van der Waals surface area contributed by atoms with Crippen LogP contribution in [0.25, 0.3) is 22.3 Å². The fourth-order valence-electron chi connectivity index (χ4n) is 2.93. The van der Waals surface area contributed by atoms with Crippen LogP contribution in [-0.4, -0.2) is 28.7 Å². The number of benzene rings is 2. The van der Waals surface area contributed by atoms with Crippen LogP contribution in [0.15, 0.2) is 65.6 Å². The SMILES string of the molecule is COc1ccc2nc(-c3ccc[nH]c3=O)nc(Nc3cccc(OC(F)F)c3)c2c1. The number of ether oxygens (including phenoxy) is 2. The Balaban J connectivity index is 1.84. The molecule has 152 valence electrons. The first-order valence-corrected chi connectivity index (χ1v) is 8.89. The van der Waals surface area contributed by atoms with Crippen molar-refractivity contribution in [2.24, 2.45) is 0 Å². The number of nitrogens with zero attached hydrogens (tertiary/aromatic N) is 2. The van der Waals surface area contributed by atoms with Crippen molar-refractivity contribution in [1.82, 2.24) is 15.0 Å². The predicted octanol–water partition coefficient (Wildman–Crippen LogP) is 4.34. The van der Waals surface area contributed by atoms with Crippen molar-refractivity contribution in [3.8, 4) is 22.9 Å². The van der Waals surface area contributed by atoms with Gasteiger partial charge in [-0.05, 0) is 42.5 Å². The summed E-state index contributed by atoms with van der Waals surface area (Å²) in [7, 11) is 1.54. The van der Waals surface area contributed by atoms with E-state index in [2.05, 4.69) is 25.0 Å². The number of anilines is 2. The maximum atomic E-state index is 12.5. The highest BCUT2D eigenvalue weighted by atomic mass is 19.3. The number of nitrogens with one attached hydrogen (secondary N) is 2. The third-order valence-corrected chi connectivity index (χ3v) is 4.28. The van der Waals surface area contributed by atoms with Crippen molar-refractivity contribution < 1.29 is 18.3 Å². The maximum absolute atomic E-state index is 12.5. The number of aromatic amines is 1. The molecule has 2 N–H and O–H groups in total. The minimum Gasteiger partial charge on any atom is -0.497 e. The Labute approximate surface area is 169 Å². The summed E-state index contributed by atoms with van der Waals surface area (Å²) in [5, 5.41) is 3.73. The normalized spacial score (nSPS) is 10.9. The van der Waals surface area contributed by atoms with Crippen LogP contribution in [0, 0.1) is 0 Å². The molecule has 0 aliphatic heterocycles. The van der Waals surface area contributed by atoms with Gasteiger partial charge in [0.25, 0.3) is 5.56 Å². The van der Waals surface area contributed by atoms with Gasteiger partial charge in [0, 0.05) is 23.3 Å². The van der Waals surface area contributed by atoms with Gasteiger partial charge in [-0.25, -0.2) is 9.97 Å². The number of aromatic nitrogens is 3. The van der Waals surface area contributed by atoms with Gasteiger partial charge < -0.3 is 19.8 Å². The van der Waals surface area contributed by atoms with Crippen molar-refractivity contribution >= 4 is 22.4 Å². The molecule has 0 amide bonds. The van der Waals surface area contributed by atoms with E-state index in [0.717, 1.165) is 0 Å². The number of rotatable bonds is 6. The molecule has 4 aromatic rings. The number of pyridine rings is 1. The fourth-order valence-corrected chi connectivity index (χ4v) is 2.93. The summed E-state index contributed by atoms with van der Waals surface area (Å²) in [5.41, 5.74) is 1.02. The van der Waals surface area contributed by atoms with E-state index in [9.17, 15) is 13.6 Å². The molecule has 4 rings (SSSR count). The van der Waals surface area contributed by atoms with E-state index >= 15 is 0 Å². The van der Waals surface area contributed by atoms with Gasteiger partial charge in [0.15, 0.2) is 5.82 Å². The van der Waals surface area contributed by atoms with Gasteiger partial charge in [-0.2, -0.15) is 8.78 Å². The lowest BCUT2D eigenvalue weighted by molar-refractivity contribution is -0.0498. The van der Waals surface area contributed by atoms with E-state index in [0.29, 0.717) is 33.7 Å². The van der Waals surface area contributed by atoms with Crippen LogP contribution >= 0.6 is 0 Å². The summed E-state index contributed by atoms with van der Waals surface area (Å²) in [6.07, 6.45) is 1.52. The van der Waals surface area contributed by atoms with E-state index in [4.69, 9.17) is 4.74 Å². The van der Waals surface area contributed by atoms with Gasteiger partial charge in [0.1, 0.15) is 17.3 Å². The van der Waals surface area contributed by atoms with Crippen molar-refractivity contribution in [3.63, 3.8) is 0 Å². The van der Waals surface area contributed by atoms with Gasteiger partial charge in [-0.15, -0.1) is 0 Å². The quantitative estimate of drug-likeness (QED) is 0.492. The maximum Gasteiger partial charge on any atom is 0.387 e. The van der Waals surface area contributed by atoms with Crippen LogP contribution in [0.3, 0.4) is 0 Å². The Morgan fingerprint density at radius 3 is 2.67 bits per heavy atom. The summed E-state index contributed by atoms with van der Waals surface area (Å²) < 4.78 is 34.8. The summed E-state index contributed by atoms with van der Waals surface area (Å²) in [5.74, 6) is 1.20. The van der Waals surface area contributed by atoms with Crippen molar-refractivity contribution in [3.05, 3.63) is 71.1 Å². The average Bonchev–Trinajstić information content (AvgIpc) is 2.73. The van der Waals surface area contributed by atoms with Crippen molar-refractivity contribution in [1.29, 1.82) is 0 Å². The summed E-state index contributed by atoms with van der Waals surface area (Å²) >= 11 is 0. The van der Waals surface area contributed by atoms with Crippen LogP contribution in [0.2, 0.25) is 0 Å². The van der Waals surface area contributed by atoms with Crippen LogP contribution < -0.4 is 20.3 Å². The molecule has 2 aromatic heterocycles. The molecule has 0 unspecified atom stereocenters. The van der Waals surface area contributed by atoms with Crippen molar-refractivity contribution in [2.75, 3.05) is 12.4 Å². The molecule has 0 fully saturated rings. The molecule has 9 heteroatoms. The second-order valence-corrected chi connectivity index (χ2v) is 6.22. The molecular formula is C21H16F2N4O3. The first kappa shape index (κ1) is 19.3. The molecular weight excluding hydrogens is 394 g/mol. The van der Waals surface area contributed by atoms with Crippen LogP contribution in [0.5, 0.6) is 11.5 Å². The highest BCUT2D eigenvalue weighted by Gasteiger charge is 2.14. The molecule has 0 saturated heterocycles. The highest BCUT2D eigenvalue weighted by molar-refractivity contribution is 5.93. The van der Waals surface area contributed by atoms with Crippen molar-refractivity contribution in [2.45, 2.75) is 6.61 Å². The lowest BCUT2D eigenvalue weighted by Crippen LogP contribution is -2.10. The zero-order valence-corrected chi connectivity index (χ0v) is 15.7. The molecule has 7 nitrogen and oxygen atoms in total. The fraction of sp³-hybridized carbons (Fsp3) is 0.0952. The van der Waals surface area contributed by atoms with Crippen LogP contribution in [-0.2, 0) is 0 Å². The minimum atomic E-state index is -2.93. The lowest BCUT2D eigenvalue weighted by Gasteiger charge is -2.13. The largest absolute Gasteiger partial charge is 0.497 e. The zero-order chi connectivity index (χ0) is 21.1. The summed E-state index contributed by atoms with van der Waals surface area (Å²) in [4.78, 5) is 23.8. The molecule has 0 bridgehead atoms. The Kier molecular flexibility index (Phi) is 5.25. The Bertz CT molecular complexity index is 1260. The average molecular weight is 410 g/mol. The Morgan fingerprint density at radius 2 is 1.90 bits per heavy atom. The molecule has 30 heavy (non-hydrogen) atoms. The molecule has 0 atom stereocenters. The number of fused-ring (bicyclic) bond motifs is 1. The highest BCUT2D eigenvalue weighted by Crippen LogP contribution is 2.30. The van der Waals surface area contributed by atoms with E-state index in [1.54, 1.807) is 42.5 Å². The number of hydrogen-bond donors (Lipinski definition) is 2. The smallest absolute Gasteiger partial charge is 0.387 e. The van der Waals surface area contributed by atoms with Gasteiger partial charge in [0.05, 0.1) is 18.2 Å². The third kappa shape index (κ3) is 4.04. The molecule has 2 heterocycles. The number of methoxy groups -OCH3 is 1. The van der Waals surface area contributed by atoms with Crippen LogP contribution in [0.4, 0.5) is 20.3 Å². The first-order chi connectivity index (χ1) is 14.5. The van der Waals surface area contributed by atoms with Crippen LogP contribution in [0.1, 0.15) is 0 Å². The van der Waals surface area contributed by atoms with Gasteiger partial charge in [-0.1, -0.05) is 6.07 Å². The molecule has 0 radical (unpaired) electrons. The summed E-state index contributed by atoms with van der Waals surface area (Å²) in [6, 6.07) is 14.6. The Morgan fingerprint density at radius 1 is 1.03 bits per heavy atom. The Hall–Kier alpha value is -4.01. The van der Waals surface area contributed by atoms with Gasteiger partial charge >= 0.3 is 6.61 Å². The number of hydrogen-bond acceptors (Lipinski definition) is 6. The number of halogens is 2. The molecule has 0 aliphatic rings. The third-order valence-electron chi connectivity index (χ3n) is 4.28. The van der Waals surface area contributed by atoms with Gasteiger partial charge in [0.2, 0.25) is 0 Å². The van der Waals surface area contributed by atoms with E-state index in [1.165, 1.54) is 25.4 Å². The van der Waals surface area contributed by atoms with E-state index in [-0.39, 0.29) is 17.1 Å². The number of alkyl halides is 2. The first-order valence-electron chi connectivity index (χ1n) is 8.89. The predicted molar refractivity (Wildman–Crippen MR) is 109 cm³/mol. The monoisotopic (exact) mass is 410 g/mol. The topological polar surface area (TPSA) is 89.1 Å². The second-order valence-electron chi connectivity index (χ2n) is 6.22. The van der Waals surface area contributed by atoms with Gasteiger partial charge in [-0.3, -0.25) is 4.79 Å². The second kappa shape index (κ2) is 8.16. The molecule has 0 aliphatic carbocycles. The molecule has 2 aromatic carbocycles. The van der Waals surface area contributed by atoms with E-state index in [1.807, 2.05) is 0 Å². The summed E-state index contributed by atoms with van der Waals surface area (Å²) in [6.45, 7) is -2.93. The minimum absolute atomic E-state index is 0.00525. The number of H-pyrrole nitrogens is 1. The zero-order valence-electron chi connectivity index (χ0n) is 15.7. The standard InChI is InChI=1S/C21H16F2N4O3/c1-29-13-7-8-17-16(11-13)19(25-12-4-2-5-14(10-12)30-21(22)23)27-18(26-17)15-6-3-9-24-20(15)28/h2-11,21H,1H3,(H,24,28)(H,25,26,27). The molecule has 0 spiro atoms. The lowest BCUT2D eigenvalue weighted by atomic mass is 10.2. The molecule has 0 saturated carbocycles. The van der Waals surface area contributed by atoms with E-state index < -0.39 is 6.61 Å².